The molecule has 2 nitrogen and oxygen atoms in total. The molecule has 238 valence electrons. The Labute approximate surface area is 298 Å². The summed E-state index contributed by atoms with van der Waals surface area (Å²) in [6.07, 6.45) is 0. The minimum Gasteiger partial charge on any atom is -0.456 e. The van der Waals surface area contributed by atoms with Gasteiger partial charge in [0.25, 0.3) is 0 Å². The molecule has 0 N–H and O–H groups in total. The fourth-order valence-electron chi connectivity index (χ4n) is 8.18. The molecule has 0 saturated carbocycles. The number of hydrogen-bond acceptors (Lipinski definition) is 3. The van der Waals surface area contributed by atoms with Gasteiger partial charge in [-0.25, -0.2) is 0 Å². The third kappa shape index (κ3) is 4.29. The number of thiophene rings is 1. The molecule has 0 spiro atoms. The van der Waals surface area contributed by atoms with E-state index in [2.05, 4.69) is 175 Å². The van der Waals surface area contributed by atoms with Crippen molar-refractivity contribution in [2.24, 2.45) is 0 Å². The maximum Gasteiger partial charge on any atom is 0.137 e. The molecule has 0 bridgehead atoms. The Morgan fingerprint density at radius 1 is 0.353 bits per heavy atom. The van der Waals surface area contributed by atoms with Crippen LogP contribution in [0.4, 0.5) is 17.1 Å². The second-order valence-corrected chi connectivity index (χ2v) is 14.3. The molecule has 51 heavy (non-hydrogen) atoms. The van der Waals surface area contributed by atoms with E-state index < -0.39 is 0 Å². The van der Waals surface area contributed by atoms with Crippen LogP contribution in [0.25, 0.3) is 85.6 Å². The minimum absolute atomic E-state index is 0.883. The number of para-hydroxylation sites is 1. The molecule has 2 aromatic heterocycles. The molecular formula is C48H29NOS. The van der Waals surface area contributed by atoms with Crippen LogP contribution in [-0.2, 0) is 0 Å². The van der Waals surface area contributed by atoms with E-state index in [4.69, 9.17) is 4.42 Å². The van der Waals surface area contributed by atoms with Crippen LogP contribution in [0.1, 0.15) is 0 Å². The Morgan fingerprint density at radius 3 is 1.63 bits per heavy atom. The van der Waals surface area contributed by atoms with Crippen molar-refractivity contribution in [2.75, 3.05) is 4.90 Å². The van der Waals surface area contributed by atoms with Gasteiger partial charge in [0.15, 0.2) is 0 Å². The minimum atomic E-state index is 0.883. The molecule has 0 fully saturated rings. The zero-order chi connectivity index (χ0) is 33.5. The highest BCUT2D eigenvalue weighted by Gasteiger charge is 2.22. The van der Waals surface area contributed by atoms with E-state index in [0.29, 0.717) is 0 Å². The number of nitrogens with zero attached hydrogens (tertiary/aromatic N) is 1. The summed E-state index contributed by atoms with van der Waals surface area (Å²) in [4.78, 5) is 2.43. The standard InChI is InChI=1S/C48H29NOS/c1-2-13-35-33(11-1)34-12-3-4-14-36(34)40-29-31(25-28-37(35)40)30-23-26-32(27-24-30)49(41-17-9-20-44-47(41)38-15-5-7-19-43(38)50-44)42-18-10-22-46-48(42)39-16-6-8-21-45(39)51-46/h1-29H. The highest BCUT2D eigenvalue weighted by Crippen LogP contribution is 2.48. The van der Waals surface area contributed by atoms with Gasteiger partial charge in [-0.05, 0) is 98.0 Å². The lowest BCUT2D eigenvalue weighted by atomic mass is 9.92. The van der Waals surface area contributed by atoms with Gasteiger partial charge in [0, 0.05) is 31.2 Å². The van der Waals surface area contributed by atoms with Crippen LogP contribution in [0.3, 0.4) is 0 Å². The highest BCUT2D eigenvalue weighted by atomic mass is 32.1. The first-order valence-electron chi connectivity index (χ1n) is 17.3. The lowest BCUT2D eigenvalue weighted by molar-refractivity contribution is 0.669. The van der Waals surface area contributed by atoms with E-state index in [1.807, 2.05) is 17.4 Å². The Hall–Kier alpha value is -6.42. The van der Waals surface area contributed by atoms with Crippen molar-refractivity contribution in [2.45, 2.75) is 0 Å². The summed E-state index contributed by atoms with van der Waals surface area (Å²) in [6, 6.07) is 63.8. The molecule has 0 amide bonds. The predicted molar refractivity (Wildman–Crippen MR) is 219 cm³/mol. The molecule has 9 aromatic carbocycles. The van der Waals surface area contributed by atoms with E-state index in [9.17, 15) is 0 Å². The topological polar surface area (TPSA) is 16.4 Å². The van der Waals surface area contributed by atoms with Crippen LogP contribution in [-0.4, -0.2) is 0 Å². The first-order chi connectivity index (χ1) is 25.3. The van der Waals surface area contributed by atoms with Gasteiger partial charge in [0.05, 0.1) is 16.8 Å². The van der Waals surface area contributed by atoms with Crippen LogP contribution in [0.2, 0.25) is 0 Å². The Morgan fingerprint density at radius 2 is 0.882 bits per heavy atom. The average molecular weight is 668 g/mol. The van der Waals surface area contributed by atoms with Crippen molar-refractivity contribution in [1.82, 2.24) is 0 Å². The van der Waals surface area contributed by atoms with E-state index in [0.717, 1.165) is 39.0 Å². The van der Waals surface area contributed by atoms with Gasteiger partial charge < -0.3 is 9.32 Å². The first-order valence-corrected chi connectivity index (χ1v) is 18.2. The summed E-state index contributed by atoms with van der Waals surface area (Å²) in [6.45, 7) is 0. The van der Waals surface area contributed by atoms with Gasteiger partial charge in [-0.15, -0.1) is 11.3 Å². The second kappa shape index (κ2) is 11.0. The zero-order valence-electron chi connectivity index (χ0n) is 27.5. The first kappa shape index (κ1) is 28.4. The Kier molecular flexibility index (Phi) is 6.16. The molecule has 0 aliphatic rings. The molecule has 11 aromatic rings. The quantitative estimate of drug-likeness (QED) is 0.174. The van der Waals surface area contributed by atoms with Crippen molar-refractivity contribution in [1.29, 1.82) is 0 Å². The monoisotopic (exact) mass is 667 g/mol. The van der Waals surface area contributed by atoms with E-state index >= 15 is 0 Å². The van der Waals surface area contributed by atoms with Crippen molar-refractivity contribution >= 4 is 103 Å². The van der Waals surface area contributed by atoms with Gasteiger partial charge in [-0.2, -0.15) is 0 Å². The third-order valence-electron chi connectivity index (χ3n) is 10.4. The number of hydrogen-bond donors (Lipinski definition) is 0. The predicted octanol–water partition coefficient (Wildman–Crippen LogP) is 14.6. The van der Waals surface area contributed by atoms with Gasteiger partial charge in [-0.1, -0.05) is 121 Å². The largest absolute Gasteiger partial charge is 0.456 e. The zero-order valence-corrected chi connectivity index (χ0v) is 28.3. The normalized spacial score (nSPS) is 11.9. The molecule has 11 rings (SSSR count). The number of benzene rings is 9. The average Bonchev–Trinajstić information content (AvgIpc) is 3.78. The van der Waals surface area contributed by atoms with Crippen LogP contribution < -0.4 is 4.90 Å². The van der Waals surface area contributed by atoms with Crippen molar-refractivity contribution < 1.29 is 4.42 Å². The molecular weight excluding hydrogens is 639 g/mol. The summed E-state index contributed by atoms with van der Waals surface area (Å²) in [7, 11) is 0. The smallest absolute Gasteiger partial charge is 0.137 e. The van der Waals surface area contributed by atoms with E-state index in [1.54, 1.807) is 0 Å². The Bertz CT molecular complexity index is 3000. The van der Waals surface area contributed by atoms with E-state index in [-0.39, 0.29) is 0 Å². The van der Waals surface area contributed by atoms with Gasteiger partial charge >= 0.3 is 0 Å². The Balaban J connectivity index is 1.13. The summed E-state index contributed by atoms with van der Waals surface area (Å²) in [5.41, 5.74) is 7.51. The maximum absolute atomic E-state index is 6.40. The van der Waals surface area contributed by atoms with Crippen molar-refractivity contribution in [3.8, 4) is 11.1 Å². The third-order valence-corrected chi connectivity index (χ3v) is 11.6. The fraction of sp³-hybridized carbons (Fsp3) is 0. The number of furan rings is 1. The fourth-order valence-corrected chi connectivity index (χ4v) is 9.31. The molecule has 2 heterocycles. The van der Waals surface area contributed by atoms with Gasteiger partial charge in [-0.3, -0.25) is 0 Å². The second-order valence-electron chi connectivity index (χ2n) is 13.2. The summed E-state index contributed by atoms with van der Waals surface area (Å²) >= 11 is 1.85. The maximum atomic E-state index is 6.40. The SMILES string of the molecule is c1ccc2c(c1)oc1cccc(N(c3ccc(-c4ccc5c6ccccc6c6ccccc6c5c4)cc3)c3cccc4sc5ccccc5c34)c12. The van der Waals surface area contributed by atoms with Crippen LogP contribution >= 0.6 is 11.3 Å². The number of fused-ring (bicyclic) bond motifs is 12. The summed E-state index contributed by atoms with van der Waals surface area (Å²) < 4.78 is 8.97. The lowest BCUT2D eigenvalue weighted by Gasteiger charge is -2.27. The lowest BCUT2D eigenvalue weighted by Crippen LogP contribution is -2.10. The molecule has 3 heteroatoms. The molecule has 0 unspecified atom stereocenters. The molecule has 0 atom stereocenters. The van der Waals surface area contributed by atoms with Gasteiger partial charge in [0.2, 0.25) is 0 Å². The van der Waals surface area contributed by atoms with E-state index in [1.165, 1.54) is 63.6 Å². The van der Waals surface area contributed by atoms with Crippen LogP contribution in [0.15, 0.2) is 180 Å². The molecule has 0 saturated heterocycles. The van der Waals surface area contributed by atoms with Crippen molar-refractivity contribution in [3.05, 3.63) is 176 Å². The molecule has 0 radical (unpaired) electrons. The van der Waals surface area contributed by atoms with Crippen LogP contribution in [0, 0.1) is 0 Å². The van der Waals surface area contributed by atoms with Crippen molar-refractivity contribution in [3.63, 3.8) is 0 Å². The van der Waals surface area contributed by atoms with Crippen LogP contribution in [0.5, 0.6) is 0 Å². The highest BCUT2D eigenvalue weighted by molar-refractivity contribution is 7.26. The van der Waals surface area contributed by atoms with Gasteiger partial charge in [0.1, 0.15) is 11.2 Å². The molecule has 0 aliphatic heterocycles. The molecule has 0 aliphatic carbocycles. The number of anilines is 3. The summed E-state index contributed by atoms with van der Waals surface area (Å²) in [5.74, 6) is 0. The summed E-state index contributed by atoms with van der Waals surface area (Å²) in [5, 5.41) is 12.5. The number of rotatable bonds is 4.